The van der Waals surface area contributed by atoms with Gasteiger partial charge in [0.25, 0.3) is 0 Å². The van der Waals surface area contributed by atoms with Crippen molar-refractivity contribution < 1.29 is 22.7 Å². The van der Waals surface area contributed by atoms with Crippen molar-refractivity contribution in [2.75, 3.05) is 6.61 Å². The quantitative estimate of drug-likeness (QED) is 0.849. The molecule has 3 nitrogen and oxygen atoms in total. The highest BCUT2D eigenvalue weighted by Gasteiger charge is 2.47. The molecule has 0 aliphatic carbocycles. The number of hydrogen-bond donors (Lipinski definition) is 1. The van der Waals surface area contributed by atoms with Crippen LogP contribution in [-0.2, 0) is 4.74 Å². The molecule has 1 N–H and O–H groups in total. The fraction of sp³-hybridized carbons (Fsp3) is 0.300. The molecule has 1 atom stereocenters. The van der Waals surface area contributed by atoms with Crippen LogP contribution in [-0.4, -0.2) is 18.6 Å². The number of carbonyl (C=O) groups is 1. The monoisotopic (exact) mass is 267 g/mol. The van der Waals surface area contributed by atoms with Gasteiger partial charge in [-0.25, -0.2) is 18.0 Å². The first kappa shape index (κ1) is 13.6. The summed E-state index contributed by atoms with van der Waals surface area (Å²) in [5.41, 5.74) is -0.246. The second-order valence-corrected chi connectivity index (χ2v) is 3.44. The van der Waals surface area contributed by atoms with Crippen molar-refractivity contribution in [3.8, 4) is 0 Å². The third kappa shape index (κ3) is 2.63. The Morgan fingerprint density at radius 1 is 1.35 bits per heavy atom. The molecule has 7 heteroatoms. The Bertz CT molecular complexity index is 428. The first-order valence-electron chi connectivity index (χ1n) is 4.56. The molecule has 1 aliphatic rings. The number of benzene rings is 1. The fourth-order valence-electron chi connectivity index (χ4n) is 1.52. The minimum absolute atomic E-state index is 0. The number of carbonyl (C=O) groups excluding carboxylic acids is 1. The molecular weight excluding hydrogens is 259 g/mol. The second-order valence-electron chi connectivity index (χ2n) is 3.44. The second kappa shape index (κ2) is 4.83. The Morgan fingerprint density at radius 2 is 2.00 bits per heavy atom. The van der Waals surface area contributed by atoms with Gasteiger partial charge in [0, 0.05) is 5.56 Å². The maximum absolute atomic E-state index is 13.4. The van der Waals surface area contributed by atoms with Gasteiger partial charge < -0.3 is 10.1 Å². The zero-order valence-electron chi connectivity index (χ0n) is 8.45. The van der Waals surface area contributed by atoms with Crippen molar-refractivity contribution in [2.24, 2.45) is 0 Å². The van der Waals surface area contributed by atoms with Crippen LogP contribution in [0.15, 0.2) is 24.3 Å². The molecule has 17 heavy (non-hydrogen) atoms. The van der Waals surface area contributed by atoms with E-state index in [2.05, 4.69) is 4.74 Å². The van der Waals surface area contributed by atoms with Crippen molar-refractivity contribution in [3.63, 3.8) is 0 Å². The molecule has 1 aliphatic heterocycles. The number of nitrogens with one attached hydrogen (secondary N) is 1. The molecule has 1 heterocycles. The number of ether oxygens (including phenoxy) is 1. The van der Waals surface area contributed by atoms with Gasteiger partial charge in [0.1, 0.15) is 11.9 Å². The maximum Gasteiger partial charge on any atom is 0.408 e. The van der Waals surface area contributed by atoms with Gasteiger partial charge in [-0.3, -0.25) is 0 Å². The fourth-order valence-corrected chi connectivity index (χ4v) is 1.52. The van der Waals surface area contributed by atoms with Crippen molar-refractivity contribution in [3.05, 3.63) is 35.6 Å². The lowest BCUT2D eigenvalue weighted by atomic mass is 10.00. The van der Waals surface area contributed by atoms with E-state index in [1.54, 1.807) is 0 Å². The molecule has 0 radical (unpaired) electrons. The van der Waals surface area contributed by atoms with Gasteiger partial charge in [0.15, 0.2) is 6.61 Å². The van der Waals surface area contributed by atoms with E-state index in [4.69, 9.17) is 0 Å². The van der Waals surface area contributed by atoms with E-state index in [0.29, 0.717) is 0 Å². The molecule has 1 aromatic rings. The summed E-state index contributed by atoms with van der Waals surface area (Å²) in [7, 11) is 0. The molecule has 1 aromatic carbocycles. The highest BCUT2D eigenvalue weighted by atomic mass is 35.5. The lowest BCUT2D eigenvalue weighted by Crippen LogP contribution is -2.49. The zero-order valence-corrected chi connectivity index (χ0v) is 9.27. The van der Waals surface area contributed by atoms with E-state index >= 15 is 0 Å². The number of rotatable bonds is 1. The molecule has 0 aromatic heterocycles. The molecule has 0 spiro atoms. The van der Waals surface area contributed by atoms with Crippen LogP contribution in [0.2, 0.25) is 0 Å². The van der Waals surface area contributed by atoms with E-state index in [0.717, 1.165) is 6.07 Å². The maximum atomic E-state index is 13.4. The van der Waals surface area contributed by atoms with Gasteiger partial charge in [0.2, 0.25) is 0 Å². The predicted octanol–water partition coefficient (Wildman–Crippen LogP) is 2.66. The normalized spacial score (nSPS) is 22.1. The van der Waals surface area contributed by atoms with E-state index in [1.807, 2.05) is 5.32 Å². The van der Waals surface area contributed by atoms with Crippen LogP contribution >= 0.6 is 12.4 Å². The van der Waals surface area contributed by atoms with Crippen molar-refractivity contribution in [2.45, 2.75) is 12.0 Å². The van der Waals surface area contributed by atoms with Crippen molar-refractivity contribution in [1.29, 1.82) is 0 Å². The Morgan fingerprint density at radius 3 is 2.65 bits per heavy atom. The van der Waals surface area contributed by atoms with Crippen LogP contribution in [0.5, 0.6) is 0 Å². The third-order valence-corrected chi connectivity index (χ3v) is 2.30. The molecule has 1 fully saturated rings. The van der Waals surface area contributed by atoms with E-state index in [-0.39, 0.29) is 18.0 Å². The summed E-state index contributed by atoms with van der Waals surface area (Å²) in [4.78, 5) is 10.9. The average Bonchev–Trinajstić information content (AvgIpc) is 2.23. The van der Waals surface area contributed by atoms with E-state index in [9.17, 15) is 18.0 Å². The van der Waals surface area contributed by atoms with Crippen LogP contribution in [0.3, 0.4) is 0 Å². The lowest BCUT2D eigenvalue weighted by molar-refractivity contribution is -0.105. The van der Waals surface area contributed by atoms with Gasteiger partial charge in [-0.1, -0.05) is 18.2 Å². The van der Waals surface area contributed by atoms with Gasteiger partial charge in [-0.15, -0.1) is 12.4 Å². The van der Waals surface area contributed by atoms with E-state index in [1.165, 1.54) is 18.2 Å². The molecule has 1 amide bonds. The third-order valence-electron chi connectivity index (χ3n) is 2.30. The van der Waals surface area contributed by atoms with Gasteiger partial charge in [-0.05, 0) is 6.07 Å². The van der Waals surface area contributed by atoms with Gasteiger partial charge in [-0.2, -0.15) is 0 Å². The number of amides is 1. The molecule has 2 rings (SSSR count). The minimum atomic E-state index is -3.32. The lowest BCUT2D eigenvalue weighted by Gasteiger charge is -2.31. The van der Waals surface area contributed by atoms with E-state index < -0.39 is 30.5 Å². The summed E-state index contributed by atoms with van der Waals surface area (Å²) in [6, 6.07) is 3.40. The highest BCUT2D eigenvalue weighted by Crippen LogP contribution is 2.35. The SMILES string of the molecule is Cl.O=C1N[C@H](c2ccccc2F)C(F)(F)CO1. The predicted molar refractivity (Wildman–Crippen MR) is 55.8 cm³/mol. The first-order chi connectivity index (χ1) is 7.50. The Kier molecular flexibility index (Phi) is 3.87. The standard InChI is InChI=1S/C10H8F3NO2.ClH/c11-7-4-2-1-3-6(7)8-10(12,13)5-16-9(15)14-8;/h1-4,8H,5H2,(H,14,15);1H/t8-;/m1./s1. The number of halogens is 4. The largest absolute Gasteiger partial charge is 0.443 e. The molecule has 0 unspecified atom stereocenters. The summed E-state index contributed by atoms with van der Waals surface area (Å²) >= 11 is 0. The van der Waals surface area contributed by atoms with Crippen LogP contribution < -0.4 is 5.32 Å². The zero-order chi connectivity index (χ0) is 11.8. The molecule has 0 saturated carbocycles. The van der Waals surface area contributed by atoms with Crippen molar-refractivity contribution in [1.82, 2.24) is 5.32 Å². The number of cyclic esters (lactones) is 1. The highest BCUT2D eigenvalue weighted by molar-refractivity contribution is 5.85. The Labute approximate surface area is 101 Å². The molecule has 0 bridgehead atoms. The van der Waals surface area contributed by atoms with Crippen LogP contribution in [0.4, 0.5) is 18.0 Å². The van der Waals surface area contributed by atoms with Crippen LogP contribution in [0.1, 0.15) is 11.6 Å². The molecule has 1 saturated heterocycles. The number of hydrogen-bond acceptors (Lipinski definition) is 2. The molecular formula is C10H9ClF3NO2. The summed E-state index contributed by atoms with van der Waals surface area (Å²) in [5.74, 6) is -4.11. The van der Waals surface area contributed by atoms with Gasteiger partial charge >= 0.3 is 12.0 Å². The Balaban J connectivity index is 0.00000144. The number of alkyl halides is 2. The summed E-state index contributed by atoms with van der Waals surface area (Å²) in [6.45, 7) is -1.04. The summed E-state index contributed by atoms with van der Waals surface area (Å²) < 4.78 is 44.3. The Hall–Kier alpha value is -1.43. The van der Waals surface area contributed by atoms with Crippen molar-refractivity contribution >= 4 is 18.5 Å². The summed E-state index contributed by atoms with van der Waals surface area (Å²) in [6.07, 6.45) is -0.973. The average molecular weight is 268 g/mol. The van der Waals surface area contributed by atoms with Crippen LogP contribution in [0, 0.1) is 5.82 Å². The van der Waals surface area contributed by atoms with Gasteiger partial charge in [0.05, 0.1) is 0 Å². The summed E-state index contributed by atoms with van der Waals surface area (Å²) in [5, 5.41) is 1.91. The smallest absolute Gasteiger partial charge is 0.408 e. The first-order valence-corrected chi connectivity index (χ1v) is 4.56. The minimum Gasteiger partial charge on any atom is -0.443 e. The number of alkyl carbamates (subject to hydrolysis) is 1. The molecule has 94 valence electrons. The van der Waals surface area contributed by atoms with Crippen LogP contribution in [0.25, 0.3) is 0 Å². The topological polar surface area (TPSA) is 38.3 Å².